The van der Waals surface area contributed by atoms with Crippen molar-refractivity contribution in [3.63, 3.8) is 0 Å². The van der Waals surface area contributed by atoms with Gasteiger partial charge in [-0.3, -0.25) is 9.78 Å². The summed E-state index contributed by atoms with van der Waals surface area (Å²) in [5.74, 6) is -0.806. The lowest BCUT2D eigenvalue weighted by atomic mass is 10.0. The minimum Gasteiger partial charge on any atom is -0.350 e. The Kier molecular flexibility index (Phi) is 6.62. The van der Waals surface area contributed by atoms with Gasteiger partial charge in [0.25, 0.3) is 5.91 Å². The maximum Gasteiger partial charge on any atom is 0.251 e. The van der Waals surface area contributed by atoms with Gasteiger partial charge >= 0.3 is 0 Å². The zero-order chi connectivity index (χ0) is 21.7. The van der Waals surface area contributed by atoms with E-state index in [1.165, 1.54) is 24.4 Å². The van der Waals surface area contributed by atoms with E-state index in [-0.39, 0.29) is 22.9 Å². The minimum absolute atomic E-state index is 0.124. The Morgan fingerprint density at radius 3 is 2.37 bits per heavy atom. The normalized spacial score (nSPS) is 12.5. The van der Waals surface area contributed by atoms with E-state index in [0.29, 0.717) is 5.56 Å². The standard InChI is InChI=1S/C23H23FN2O3S/c1-16(2)17-8-10-21(11-9-17)30(28,29)22(19-6-4-12-25-14-19)15-26-23(27)18-5-3-7-20(24)13-18/h3-14,16,22H,15H2,1-2H3,(H,26,27). The Bertz CT molecular complexity index is 1110. The summed E-state index contributed by atoms with van der Waals surface area (Å²) in [6.07, 6.45) is 3.02. The van der Waals surface area contributed by atoms with Crippen LogP contribution in [-0.4, -0.2) is 25.9 Å². The van der Waals surface area contributed by atoms with Crippen LogP contribution in [0.15, 0.2) is 78.0 Å². The molecule has 0 aliphatic rings. The quantitative estimate of drug-likeness (QED) is 0.612. The Labute approximate surface area is 175 Å². The Balaban J connectivity index is 1.90. The first kappa shape index (κ1) is 21.6. The molecule has 0 saturated heterocycles. The van der Waals surface area contributed by atoms with Gasteiger partial charge in [0.2, 0.25) is 0 Å². The summed E-state index contributed by atoms with van der Waals surface area (Å²) in [6.45, 7) is 3.89. The number of carbonyl (C=O) groups is 1. The molecule has 1 N–H and O–H groups in total. The average Bonchev–Trinajstić information content (AvgIpc) is 2.74. The van der Waals surface area contributed by atoms with E-state index < -0.39 is 26.8 Å². The number of benzene rings is 2. The molecule has 1 heterocycles. The van der Waals surface area contributed by atoms with E-state index in [1.54, 1.807) is 42.6 Å². The van der Waals surface area contributed by atoms with Crippen molar-refractivity contribution in [2.75, 3.05) is 6.54 Å². The van der Waals surface area contributed by atoms with Gasteiger partial charge < -0.3 is 5.32 Å². The van der Waals surface area contributed by atoms with E-state index in [2.05, 4.69) is 10.3 Å². The Morgan fingerprint density at radius 2 is 1.77 bits per heavy atom. The number of hydrogen-bond donors (Lipinski definition) is 1. The van der Waals surface area contributed by atoms with Crippen LogP contribution in [0.2, 0.25) is 0 Å². The van der Waals surface area contributed by atoms with Crippen LogP contribution in [0, 0.1) is 5.82 Å². The van der Waals surface area contributed by atoms with Gasteiger partial charge in [0.15, 0.2) is 9.84 Å². The molecule has 0 radical (unpaired) electrons. The molecule has 1 amide bonds. The summed E-state index contributed by atoms with van der Waals surface area (Å²) in [6, 6.07) is 15.3. The molecule has 1 unspecified atom stereocenters. The number of sulfone groups is 1. The van der Waals surface area contributed by atoms with E-state index in [0.717, 1.165) is 11.6 Å². The monoisotopic (exact) mass is 426 g/mol. The molecule has 0 spiro atoms. The van der Waals surface area contributed by atoms with Crippen LogP contribution in [-0.2, 0) is 9.84 Å². The Morgan fingerprint density at radius 1 is 1.03 bits per heavy atom. The third-order valence-electron chi connectivity index (χ3n) is 4.84. The molecule has 3 rings (SSSR count). The van der Waals surface area contributed by atoms with Crippen LogP contribution in [0.25, 0.3) is 0 Å². The van der Waals surface area contributed by atoms with Crippen molar-refractivity contribution in [2.45, 2.75) is 29.9 Å². The number of aromatic nitrogens is 1. The van der Waals surface area contributed by atoms with Gasteiger partial charge in [-0.15, -0.1) is 0 Å². The number of nitrogens with one attached hydrogen (secondary N) is 1. The van der Waals surface area contributed by atoms with Gasteiger partial charge in [-0.25, -0.2) is 12.8 Å². The van der Waals surface area contributed by atoms with E-state index in [1.807, 2.05) is 13.8 Å². The predicted octanol–water partition coefficient (Wildman–Crippen LogP) is 4.29. The summed E-state index contributed by atoms with van der Waals surface area (Å²) < 4.78 is 40.2. The average molecular weight is 427 g/mol. The molecule has 0 saturated carbocycles. The molecule has 1 aromatic heterocycles. The second-order valence-corrected chi connectivity index (χ2v) is 9.39. The number of rotatable bonds is 7. The van der Waals surface area contributed by atoms with Gasteiger partial charge in [0, 0.05) is 24.5 Å². The number of carbonyl (C=O) groups excluding carboxylic acids is 1. The maximum absolute atomic E-state index is 13.4. The minimum atomic E-state index is -3.81. The van der Waals surface area contributed by atoms with Gasteiger partial charge in [0.05, 0.1) is 4.90 Å². The predicted molar refractivity (Wildman–Crippen MR) is 113 cm³/mol. The van der Waals surface area contributed by atoms with Crippen molar-refractivity contribution in [3.8, 4) is 0 Å². The highest BCUT2D eigenvalue weighted by Gasteiger charge is 2.30. The van der Waals surface area contributed by atoms with E-state index in [9.17, 15) is 17.6 Å². The fourth-order valence-electron chi connectivity index (χ4n) is 3.10. The molecule has 156 valence electrons. The van der Waals surface area contributed by atoms with Crippen molar-refractivity contribution in [2.24, 2.45) is 0 Å². The highest BCUT2D eigenvalue weighted by atomic mass is 32.2. The first-order chi connectivity index (χ1) is 14.3. The molecular formula is C23H23FN2O3S. The number of amides is 1. The van der Waals surface area contributed by atoms with E-state index in [4.69, 9.17) is 0 Å². The molecule has 30 heavy (non-hydrogen) atoms. The lowest BCUT2D eigenvalue weighted by Gasteiger charge is -2.19. The van der Waals surface area contributed by atoms with Crippen molar-refractivity contribution in [1.29, 1.82) is 0 Å². The zero-order valence-corrected chi connectivity index (χ0v) is 17.6. The van der Waals surface area contributed by atoms with E-state index >= 15 is 0 Å². The van der Waals surface area contributed by atoms with Gasteiger partial charge in [0.1, 0.15) is 11.1 Å². The summed E-state index contributed by atoms with van der Waals surface area (Å²) in [4.78, 5) is 16.6. The first-order valence-electron chi connectivity index (χ1n) is 9.56. The van der Waals surface area contributed by atoms with Crippen LogP contribution < -0.4 is 5.32 Å². The lowest BCUT2D eigenvalue weighted by Crippen LogP contribution is -2.32. The van der Waals surface area contributed by atoms with Crippen LogP contribution in [0.5, 0.6) is 0 Å². The van der Waals surface area contributed by atoms with Gasteiger partial charge in [-0.05, 0) is 53.4 Å². The van der Waals surface area contributed by atoms with Crippen molar-refractivity contribution < 1.29 is 17.6 Å². The third-order valence-corrected chi connectivity index (χ3v) is 6.96. The summed E-state index contributed by atoms with van der Waals surface area (Å²) in [5.41, 5.74) is 1.62. The van der Waals surface area contributed by atoms with Gasteiger partial charge in [-0.2, -0.15) is 0 Å². The second kappa shape index (κ2) is 9.17. The number of nitrogens with zero attached hydrogens (tertiary/aromatic N) is 1. The molecule has 0 fully saturated rings. The molecular weight excluding hydrogens is 403 g/mol. The SMILES string of the molecule is CC(C)c1ccc(S(=O)(=O)C(CNC(=O)c2cccc(F)c2)c2cccnc2)cc1. The Hall–Kier alpha value is -3.06. The highest BCUT2D eigenvalue weighted by Crippen LogP contribution is 2.29. The summed E-state index contributed by atoms with van der Waals surface area (Å²) >= 11 is 0. The molecule has 0 aliphatic carbocycles. The fourth-order valence-corrected chi connectivity index (χ4v) is 4.74. The molecule has 0 aliphatic heterocycles. The smallest absolute Gasteiger partial charge is 0.251 e. The van der Waals surface area contributed by atoms with Crippen molar-refractivity contribution in [1.82, 2.24) is 10.3 Å². The van der Waals surface area contributed by atoms with Crippen LogP contribution in [0.3, 0.4) is 0 Å². The second-order valence-electron chi connectivity index (χ2n) is 7.26. The summed E-state index contributed by atoms with van der Waals surface area (Å²) in [7, 11) is -3.81. The zero-order valence-electron chi connectivity index (χ0n) is 16.7. The lowest BCUT2D eigenvalue weighted by molar-refractivity contribution is 0.0953. The molecule has 3 aromatic rings. The third kappa shape index (κ3) is 4.91. The fraction of sp³-hybridized carbons (Fsp3) is 0.217. The number of halogens is 1. The number of pyridine rings is 1. The topological polar surface area (TPSA) is 76.1 Å². The first-order valence-corrected chi connectivity index (χ1v) is 11.1. The van der Waals surface area contributed by atoms with Crippen molar-refractivity contribution >= 4 is 15.7 Å². The molecule has 5 nitrogen and oxygen atoms in total. The molecule has 1 atom stereocenters. The largest absolute Gasteiger partial charge is 0.350 e. The van der Waals surface area contributed by atoms with Gasteiger partial charge in [-0.1, -0.05) is 38.1 Å². The van der Waals surface area contributed by atoms with Crippen LogP contribution >= 0.6 is 0 Å². The molecule has 7 heteroatoms. The molecule has 0 bridgehead atoms. The number of hydrogen-bond acceptors (Lipinski definition) is 4. The maximum atomic E-state index is 13.4. The molecule has 2 aromatic carbocycles. The summed E-state index contributed by atoms with van der Waals surface area (Å²) in [5, 5.41) is 1.58. The van der Waals surface area contributed by atoms with Crippen LogP contribution in [0.4, 0.5) is 4.39 Å². The van der Waals surface area contributed by atoms with Crippen molar-refractivity contribution in [3.05, 3.63) is 95.6 Å². The van der Waals surface area contributed by atoms with Crippen LogP contribution in [0.1, 0.15) is 46.5 Å². The highest BCUT2D eigenvalue weighted by molar-refractivity contribution is 7.91.